The molecule has 1 saturated heterocycles. The van der Waals surface area contributed by atoms with Crippen molar-refractivity contribution in [2.24, 2.45) is 5.92 Å². The number of anilines is 1. The van der Waals surface area contributed by atoms with E-state index in [9.17, 15) is 5.11 Å². The summed E-state index contributed by atoms with van der Waals surface area (Å²) in [4.78, 5) is 7.00. The van der Waals surface area contributed by atoms with Crippen molar-refractivity contribution in [3.05, 3.63) is 23.9 Å². The van der Waals surface area contributed by atoms with Crippen LogP contribution < -0.4 is 5.32 Å². The SMILES string of the molecule is Cc1cccc(NCC2CCN(C3CCCCC3O)C2)n1. The topological polar surface area (TPSA) is 48.4 Å². The second-order valence-electron chi connectivity index (χ2n) is 6.61. The smallest absolute Gasteiger partial charge is 0.126 e. The zero-order chi connectivity index (χ0) is 14.7. The van der Waals surface area contributed by atoms with E-state index in [0.29, 0.717) is 12.0 Å². The van der Waals surface area contributed by atoms with Gasteiger partial charge in [-0.1, -0.05) is 18.9 Å². The molecule has 2 aliphatic rings. The first kappa shape index (κ1) is 14.8. The Morgan fingerprint density at radius 2 is 2.14 bits per heavy atom. The van der Waals surface area contributed by atoms with Crippen LogP contribution in [0.3, 0.4) is 0 Å². The Hall–Kier alpha value is -1.13. The zero-order valence-electron chi connectivity index (χ0n) is 13.0. The summed E-state index contributed by atoms with van der Waals surface area (Å²) in [6, 6.07) is 6.50. The molecule has 0 amide bonds. The molecular formula is C17H27N3O. The molecule has 2 fully saturated rings. The Bertz CT molecular complexity index is 465. The van der Waals surface area contributed by atoms with Crippen molar-refractivity contribution >= 4 is 5.82 Å². The molecule has 3 rings (SSSR count). The van der Waals surface area contributed by atoms with Gasteiger partial charge in [0.05, 0.1) is 6.10 Å². The number of nitrogens with zero attached hydrogens (tertiary/aromatic N) is 2. The minimum atomic E-state index is -0.108. The molecule has 0 aromatic carbocycles. The normalized spacial score (nSPS) is 30.5. The predicted molar refractivity (Wildman–Crippen MR) is 85.4 cm³/mol. The predicted octanol–water partition coefficient (Wildman–Crippen LogP) is 2.43. The number of likely N-dealkylation sites (tertiary alicyclic amines) is 1. The summed E-state index contributed by atoms with van der Waals surface area (Å²) in [7, 11) is 0. The van der Waals surface area contributed by atoms with Gasteiger partial charge in [0.25, 0.3) is 0 Å². The molecular weight excluding hydrogens is 262 g/mol. The van der Waals surface area contributed by atoms with E-state index in [4.69, 9.17) is 0 Å². The minimum absolute atomic E-state index is 0.108. The first-order valence-electron chi connectivity index (χ1n) is 8.32. The fraction of sp³-hybridized carbons (Fsp3) is 0.706. The molecule has 116 valence electrons. The highest BCUT2D eigenvalue weighted by Crippen LogP contribution is 2.28. The van der Waals surface area contributed by atoms with Crippen LogP contribution in [0.2, 0.25) is 0 Å². The number of hydrogen-bond acceptors (Lipinski definition) is 4. The largest absolute Gasteiger partial charge is 0.391 e. The third-order valence-corrected chi connectivity index (χ3v) is 4.94. The van der Waals surface area contributed by atoms with E-state index < -0.39 is 0 Å². The molecule has 1 aromatic heterocycles. The first-order chi connectivity index (χ1) is 10.2. The van der Waals surface area contributed by atoms with Crippen molar-refractivity contribution in [1.82, 2.24) is 9.88 Å². The second-order valence-corrected chi connectivity index (χ2v) is 6.61. The Labute approximate surface area is 127 Å². The standard InChI is InChI=1S/C17H27N3O/c1-13-5-4-8-17(19-13)18-11-14-9-10-20(12-14)15-6-2-3-7-16(15)21/h4-5,8,14-16,21H,2-3,6-7,9-12H2,1H3,(H,18,19). The molecule has 0 spiro atoms. The molecule has 1 aliphatic heterocycles. The molecule has 4 nitrogen and oxygen atoms in total. The maximum Gasteiger partial charge on any atom is 0.126 e. The van der Waals surface area contributed by atoms with Crippen molar-refractivity contribution in [2.45, 2.75) is 51.2 Å². The quantitative estimate of drug-likeness (QED) is 0.894. The molecule has 3 unspecified atom stereocenters. The number of aliphatic hydroxyl groups is 1. The minimum Gasteiger partial charge on any atom is -0.391 e. The molecule has 3 atom stereocenters. The molecule has 21 heavy (non-hydrogen) atoms. The van der Waals surface area contributed by atoms with E-state index in [0.717, 1.165) is 37.6 Å². The lowest BCUT2D eigenvalue weighted by atomic mass is 9.91. The summed E-state index contributed by atoms with van der Waals surface area (Å²) < 4.78 is 0. The van der Waals surface area contributed by atoms with Gasteiger partial charge in [0.15, 0.2) is 0 Å². The van der Waals surface area contributed by atoms with Crippen molar-refractivity contribution in [1.29, 1.82) is 0 Å². The summed E-state index contributed by atoms with van der Waals surface area (Å²) in [6.45, 7) is 5.25. The summed E-state index contributed by atoms with van der Waals surface area (Å²) in [5.74, 6) is 1.65. The average molecular weight is 289 g/mol. The van der Waals surface area contributed by atoms with Gasteiger partial charge in [-0.2, -0.15) is 0 Å². The molecule has 0 bridgehead atoms. The Kier molecular flexibility index (Phi) is 4.76. The van der Waals surface area contributed by atoms with Crippen LogP contribution in [0.5, 0.6) is 0 Å². The monoisotopic (exact) mass is 289 g/mol. The van der Waals surface area contributed by atoms with E-state index in [2.05, 4.69) is 15.2 Å². The van der Waals surface area contributed by atoms with Crippen LogP contribution in [-0.2, 0) is 0 Å². The molecule has 0 radical (unpaired) electrons. The van der Waals surface area contributed by atoms with Gasteiger partial charge in [-0.3, -0.25) is 4.90 Å². The van der Waals surface area contributed by atoms with E-state index in [1.807, 2.05) is 25.1 Å². The Morgan fingerprint density at radius 3 is 2.95 bits per heavy atom. The maximum atomic E-state index is 10.2. The number of aromatic nitrogens is 1. The summed E-state index contributed by atoms with van der Waals surface area (Å²) in [5.41, 5.74) is 1.05. The highest BCUT2D eigenvalue weighted by molar-refractivity contribution is 5.35. The number of pyridine rings is 1. The number of aryl methyl sites for hydroxylation is 1. The molecule has 2 heterocycles. The Morgan fingerprint density at radius 1 is 1.29 bits per heavy atom. The number of nitrogens with one attached hydrogen (secondary N) is 1. The maximum absolute atomic E-state index is 10.2. The van der Waals surface area contributed by atoms with Crippen LogP contribution in [0.25, 0.3) is 0 Å². The van der Waals surface area contributed by atoms with Crippen LogP contribution in [0, 0.1) is 12.8 Å². The van der Waals surface area contributed by atoms with Gasteiger partial charge in [0.2, 0.25) is 0 Å². The average Bonchev–Trinajstić information content (AvgIpc) is 2.94. The van der Waals surface area contributed by atoms with Crippen molar-refractivity contribution in [2.75, 3.05) is 25.0 Å². The third kappa shape index (κ3) is 3.74. The van der Waals surface area contributed by atoms with E-state index in [1.54, 1.807) is 0 Å². The Balaban J connectivity index is 1.48. The van der Waals surface area contributed by atoms with E-state index in [1.165, 1.54) is 25.7 Å². The van der Waals surface area contributed by atoms with Gasteiger partial charge in [0, 0.05) is 24.8 Å². The molecule has 1 aliphatic carbocycles. The van der Waals surface area contributed by atoms with Gasteiger partial charge in [-0.15, -0.1) is 0 Å². The van der Waals surface area contributed by atoms with Gasteiger partial charge in [-0.05, 0) is 50.8 Å². The van der Waals surface area contributed by atoms with E-state index in [-0.39, 0.29) is 6.10 Å². The van der Waals surface area contributed by atoms with Crippen LogP contribution in [0.15, 0.2) is 18.2 Å². The van der Waals surface area contributed by atoms with E-state index >= 15 is 0 Å². The summed E-state index contributed by atoms with van der Waals surface area (Å²) in [5, 5.41) is 13.6. The first-order valence-corrected chi connectivity index (χ1v) is 8.32. The van der Waals surface area contributed by atoms with Gasteiger partial charge in [0.1, 0.15) is 5.82 Å². The fourth-order valence-corrected chi connectivity index (χ4v) is 3.74. The van der Waals surface area contributed by atoms with Crippen LogP contribution in [-0.4, -0.2) is 46.8 Å². The highest BCUT2D eigenvalue weighted by Gasteiger charge is 2.33. The lowest BCUT2D eigenvalue weighted by Crippen LogP contribution is -2.44. The molecule has 4 heteroatoms. The third-order valence-electron chi connectivity index (χ3n) is 4.94. The zero-order valence-corrected chi connectivity index (χ0v) is 13.0. The number of aliphatic hydroxyl groups excluding tert-OH is 1. The lowest BCUT2D eigenvalue weighted by Gasteiger charge is -2.35. The van der Waals surface area contributed by atoms with Crippen molar-refractivity contribution in [3.8, 4) is 0 Å². The number of hydrogen-bond donors (Lipinski definition) is 2. The van der Waals surface area contributed by atoms with Crippen molar-refractivity contribution < 1.29 is 5.11 Å². The summed E-state index contributed by atoms with van der Waals surface area (Å²) >= 11 is 0. The van der Waals surface area contributed by atoms with Crippen molar-refractivity contribution in [3.63, 3.8) is 0 Å². The van der Waals surface area contributed by atoms with Crippen LogP contribution in [0.1, 0.15) is 37.8 Å². The van der Waals surface area contributed by atoms with Gasteiger partial charge < -0.3 is 10.4 Å². The lowest BCUT2D eigenvalue weighted by molar-refractivity contribution is 0.0296. The molecule has 2 N–H and O–H groups in total. The van der Waals surface area contributed by atoms with Crippen LogP contribution in [0.4, 0.5) is 5.82 Å². The molecule has 1 saturated carbocycles. The highest BCUT2D eigenvalue weighted by atomic mass is 16.3. The number of rotatable bonds is 4. The summed E-state index contributed by atoms with van der Waals surface area (Å²) in [6.07, 6.45) is 5.73. The molecule has 1 aromatic rings. The fourth-order valence-electron chi connectivity index (χ4n) is 3.74. The second kappa shape index (κ2) is 6.75. The van der Waals surface area contributed by atoms with Gasteiger partial charge in [-0.25, -0.2) is 4.98 Å². The van der Waals surface area contributed by atoms with Crippen LogP contribution >= 0.6 is 0 Å². The van der Waals surface area contributed by atoms with Gasteiger partial charge >= 0.3 is 0 Å².